The van der Waals surface area contributed by atoms with E-state index in [-0.39, 0.29) is 6.03 Å². The first-order chi connectivity index (χ1) is 14.2. The van der Waals surface area contributed by atoms with Crippen LogP contribution in [0.5, 0.6) is 0 Å². The first-order valence-corrected chi connectivity index (χ1v) is 10.2. The number of nitrogens with zero attached hydrogens (tertiary/aromatic N) is 2. The van der Waals surface area contributed by atoms with Crippen LogP contribution in [0.3, 0.4) is 0 Å². The van der Waals surface area contributed by atoms with E-state index in [2.05, 4.69) is 44.8 Å². The number of urea groups is 1. The molecule has 0 aliphatic carbocycles. The second kappa shape index (κ2) is 8.82. The van der Waals surface area contributed by atoms with Crippen molar-refractivity contribution in [3.05, 3.63) is 60.3 Å². The maximum atomic E-state index is 12.4. The number of nitrogens with two attached hydrogens (primary N) is 1. The van der Waals surface area contributed by atoms with Crippen LogP contribution in [0.1, 0.15) is 31.2 Å². The highest BCUT2D eigenvalue weighted by Crippen LogP contribution is 2.24. The molecule has 29 heavy (non-hydrogen) atoms. The van der Waals surface area contributed by atoms with Crippen molar-refractivity contribution in [2.75, 3.05) is 29.0 Å². The molecule has 0 bridgehead atoms. The van der Waals surface area contributed by atoms with Gasteiger partial charge in [-0.1, -0.05) is 37.1 Å². The van der Waals surface area contributed by atoms with E-state index < -0.39 is 0 Å². The molecule has 0 spiro atoms. The standard InChI is InChI=1S/C23H27N5O/c24-22-14-20-18(16-25-22)6-5-7-21(20)27-23(29)26-15-17-8-10-19(11-9-17)28-12-3-1-2-4-13-28/h5-11,14,16H,1-4,12-13,15H2,(H2,24,25)(H2,26,27,29). The molecule has 1 aromatic heterocycles. The lowest BCUT2D eigenvalue weighted by molar-refractivity contribution is 0.252. The fraction of sp³-hybridized carbons (Fsp3) is 0.304. The molecule has 0 radical (unpaired) electrons. The molecule has 0 atom stereocenters. The molecule has 6 heteroatoms. The van der Waals surface area contributed by atoms with Crippen LogP contribution in [0.4, 0.5) is 22.0 Å². The molecular weight excluding hydrogens is 362 g/mol. The molecule has 6 nitrogen and oxygen atoms in total. The Bertz CT molecular complexity index is 978. The lowest BCUT2D eigenvalue weighted by Gasteiger charge is -2.22. The number of aromatic nitrogens is 1. The zero-order valence-electron chi connectivity index (χ0n) is 16.5. The second-order valence-electron chi connectivity index (χ2n) is 7.51. The Morgan fingerprint density at radius 1 is 1.03 bits per heavy atom. The summed E-state index contributed by atoms with van der Waals surface area (Å²) in [6.45, 7) is 2.73. The molecule has 0 saturated carbocycles. The summed E-state index contributed by atoms with van der Waals surface area (Å²) in [5, 5.41) is 7.64. The lowest BCUT2D eigenvalue weighted by atomic mass is 10.1. The number of nitrogens with one attached hydrogen (secondary N) is 2. The highest BCUT2D eigenvalue weighted by molar-refractivity contribution is 6.02. The van der Waals surface area contributed by atoms with E-state index in [4.69, 9.17) is 5.73 Å². The highest BCUT2D eigenvalue weighted by atomic mass is 16.2. The van der Waals surface area contributed by atoms with E-state index >= 15 is 0 Å². The third-order valence-electron chi connectivity index (χ3n) is 5.39. The van der Waals surface area contributed by atoms with Gasteiger partial charge in [-0.2, -0.15) is 0 Å². The van der Waals surface area contributed by atoms with Crippen LogP contribution in [0.15, 0.2) is 54.7 Å². The lowest BCUT2D eigenvalue weighted by Crippen LogP contribution is -2.28. The molecule has 2 amide bonds. The summed E-state index contributed by atoms with van der Waals surface area (Å²) in [6.07, 6.45) is 6.89. The zero-order valence-corrected chi connectivity index (χ0v) is 16.5. The van der Waals surface area contributed by atoms with E-state index in [1.54, 1.807) is 12.3 Å². The predicted molar refractivity (Wildman–Crippen MR) is 119 cm³/mol. The number of hydrogen-bond acceptors (Lipinski definition) is 4. The van der Waals surface area contributed by atoms with Gasteiger partial charge in [0.2, 0.25) is 0 Å². The monoisotopic (exact) mass is 389 g/mol. The van der Waals surface area contributed by atoms with Crippen LogP contribution >= 0.6 is 0 Å². The Labute approximate surface area is 171 Å². The summed E-state index contributed by atoms with van der Waals surface area (Å²) in [7, 11) is 0. The first kappa shape index (κ1) is 19.1. The van der Waals surface area contributed by atoms with Crippen molar-refractivity contribution in [1.29, 1.82) is 0 Å². The number of rotatable bonds is 4. The van der Waals surface area contributed by atoms with E-state index in [9.17, 15) is 4.79 Å². The van der Waals surface area contributed by atoms with Gasteiger partial charge < -0.3 is 21.3 Å². The molecule has 4 N–H and O–H groups in total. The number of amides is 2. The summed E-state index contributed by atoms with van der Waals surface area (Å²) >= 11 is 0. The van der Waals surface area contributed by atoms with Gasteiger partial charge in [0.15, 0.2) is 0 Å². The fourth-order valence-corrected chi connectivity index (χ4v) is 3.80. The van der Waals surface area contributed by atoms with Gasteiger partial charge in [-0.3, -0.25) is 0 Å². The van der Waals surface area contributed by atoms with Crippen molar-refractivity contribution >= 4 is 34.0 Å². The Morgan fingerprint density at radius 3 is 2.55 bits per heavy atom. The van der Waals surface area contributed by atoms with Crippen LogP contribution in [-0.2, 0) is 6.54 Å². The number of benzene rings is 2. The Morgan fingerprint density at radius 2 is 1.79 bits per heavy atom. The van der Waals surface area contributed by atoms with Crippen LogP contribution < -0.4 is 21.3 Å². The molecule has 0 unspecified atom stereocenters. The molecule has 150 valence electrons. The number of carbonyl (C=O) groups is 1. The normalized spacial score (nSPS) is 14.4. The molecule has 3 aromatic rings. The van der Waals surface area contributed by atoms with E-state index in [1.165, 1.54) is 31.4 Å². The predicted octanol–water partition coefficient (Wildman–Crippen LogP) is 4.52. The Kier molecular flexibility index (Phi) is 5.79. The summed E-state index contributed by atoms with van der Waals surface area (Å²) < 4.78 is 0. The third-order valence-corrected chi connectivity index (χ3v) is 5.39. The first-order valence-electron chi connectivity index (χ1n) is 10.2. The second-order valence-corrected chi connectivity index (χ2v) is 7.51. The van der Waals surface area contributed by atoms with E-state index in [0.29, 0.717) is 18.1 Å². The van der Waals surface area contributed by atoms with Crippen LogP contribution in [0.25, 0.3) is 10.8 Å². The molecule has 2 heterocycles. The highest BCUT2D eigenvalue weighted by Gasteiger charge is 2.10. The molecule has 1 aliphatic heterocycles. The summed E-state index contributed by atoms with van der Waals surface area (Å²) in [5.74, 6) is 0.427. The number of nitrogen functional groups attached to an aromatic ring is 1. The maximum Gasteiger partial charge on any atom is 0.319 e. The minimum absolute atomic E-state index is 0.246. The summed E-state index contributed by atoms with van der Waals surface area (Å²) in [4.78, 5) is 18.9. The minimum atomic E-state index is -0.246. The van der Waals surface area contributed by atoms with Crippen molar-refractivity contribution < 1.29 is 4.79 Å². The maximum absolute atomic E-state index is 12.4. The van der Waals surface area contributed by atoms with Crippen LogP contribution in [0.2, 0.25) is 0 Å². The van der Waals surface area contributed by atoms with Gasteiger partial charge >= 0.3 is 6.03 Å². The van der Waals surface area contributed by atoms with Crippen molar-refractivity contribution in [2.45, 2.75) is 32.2 Å². The van der Waals surface area contributed by atoms with E-state index in [1.807, 2.05) is 18.2 Å². The van der Waals surface area contributed by atoms with Gasteiger partial charge in [-0.25, -0.2) is 9.78 Å². The number of carbonyl (C=O) groups excluding carboxylic acids is 1. The molecule has 2 aromatic carbocycles. The van der Waals surface area contributed by atoms with Crippen molar-refractivity contribution in [2.24, 2.45) is 0 Å². The van der Waals surface area contributed by atoms with Crippen LogP contribution in [-0.4, -0.2) is 24.1 Å². The molecule has 4 rings (SSSR count). The molecular formula is C23H27N5O. The SMILES string of the molecule is Nc1cc2c(NC(=O)NCc3ccc(N4CCCCCC4)cc3)cccc2cn1. The number of anilines is 3. The largest absolute Gasteiger partial charge is 0.384 e. The van der Waals surface area contributed by atoms with Gasteiger partial charge in [0.05, 0.1) is 5.69 Å². The summed E-state index contributed by atoms with van der Waals surface area (Å²) in [5.41, 5.74) is 8.84. The van der Waals surface area contributed by atoms with Gasteiger partial charge in [0.25, 0.3) is 0 Å². The number of hydrogen-bond donors (Lipinski definition) is 3. The zero-order chi connectivity index (χ0) is 20.1. The molecule has 1 saturated heterocycles. The quantitative estimate of drug-likeness (QED) is 0.613. The van der Waals surface area contributed by atoms with Crippen molar-refractivity contribution in [3.8, 4) is 0 Å². The minimum Gasteiger partial charge on any atom is -0.384 e. The third kappa shape index (κ3) is 4.77. The molecule has 1 aliphatic rings. The number of fused-ring (bicyclic) bond motifs is 1. The van der Waals surface area contributed by atoms with Gasteiger partial charge in [0, 0.05) is 42.3 Å². The average molecular weight is 390 g/mol. The van der Waals surface area contributed by atoms with Gasteiger partial charge in [-0.05, 0) is 42.7 Å². The Hall–Kier alpha value is -3.28. The van der Waals surface area contributed by atoms with Gasteiger partial charge in [0.1, 0.15) is 5.82 Å². The molecule has 1 fully saturated rings. The van der Waals surface area contributed by atoms with E-state index in [0.717, 1.165) is 29.4 Å². The van der Waals surface area contributed by atoms with Gasteiger partial charge in [-0.15, -0.1) is 0 Å². The average Bonchev–Trinajstić information content (AvgIpc) is 3.03. The van der Waals surface area contributed by atoms with Crippen LogP contribution in [0, 0.1) is 0 Å². The fourth-order valence-electron chi connectivity index (χ4n) is 3.80. The van der Waals surface area contributed by atoms with Crippen molar-refractivity contribution in [3.63, 3.8) is 0 Å². The van der Waals surface area contributed by atoms with Crippen molar-refractivity contribution in [1.82, 2.24) is 10.3 Å². The summed E-state index contributed by atoms with van der Waals surface area (Å²) in [6, 6.07) is 15.7. The number of pyridine rings is 1. The Balaban J connectivity index is 1.36. The topological polar surface area (TPSA) is 83.3 Å². The smallest absolute Gasteiger partial charge is 0.319 e.